The van der Waals surface area contributed by atoms with Crippen LogP contribution in [0.25, 0.3) is 0 Å². The van der Waals surface area contributed by atoms with Gasteiger partial charge in [-0.1, -0.05) is 30.2 Å². The van der Waals surface area contributed by atoms with E-state index in [2.05, 4.69) is 49.2 Å². The van der Waals surface area contributed by atoms with Crippen LogP contribution in [0.3, 0.4) is 0 Å². The molecule has 2 aliphatic rings. The van der Waals surface area contributed by atoms with Crippen LogP contribution in [-0.2, 0) is 0 Å². The minimum Gasteiger partial charge on any atom is -0.306 e. The molecule has 1 aromatic rings. The van der Waals surface area contributed by atoms with Gasteiger partial charge in [0, 0.05) is 24.7 Å². The lowest BCUT2D eigenvalue weighted by Crippen LogP contribution is -2.45. The topological polar surface area (TPSA) is 15.3 Å². The third kappa shape index (κ3) is 2.77. The first-order chi connectivity index (χ1) is 9.65. The van der Waals surface area contributed by atoms with Crippen LogP contribution in [0.1, 0.15) is 55.3 Å². The van der Waals surface area contributed by atoms with Crippen molar-refractivity contribution in [1.29, 1.82) is 0 Å². The summed E-state index contributed by atoms with van der Waals surface area (Å²) in [6.45, 7) is 9.35. The first-order valence-corrected chi connectivity index (χ1v) is 8.22. The Balaban J connectivity index is 1.68. The lowest BCUT2D eigenvalue weighted by molar-refractivity contribution is 0.177. The maximum absolute atomic E-state index is 3.91. The van der Waals surface area contributed by atoms with E-state index in [-0.39, 0.29) is 0 Å². The average Bonchev–Trinajstić information content (AvgIpc) is 2.82. The van der Waals surface area contributed by atoms with Crippen molar-refractivity contribution in [2.45, 2.75) is 64.6 Å². The second kappa shape index (κ2) is 5.87. The number of hydrogen-bond acceptors (Lipinski definition) is 2. The molecule has 2 fully saturated rings. The van der Waals surface area contributed by atoms with Crippen LogP contribution in [-0.4, -0.2) is 30.1 Å². The Bertz CT molecular complexity index is 468. The van der Waals surface area contributed by atoms with E-state index in [0.29, 0.717) is 12.1 Å². The summed E-state index contributed by atoms with van der Waals surface area (Å²) in [5.74, 6) is 0. The highest BCUT2D eigenvalue weighted by Crippen LogP contribution is 2.29. The predicted molar refractivity (Wildman–Crippen MR) is 85.1 cm³/mol. The minimum atomic E-state index is 0.461. The van der Waals surface area contributed by atoms with Gasteiger partial charge < -0.3 is 5.32 Å². The van der Waals surface area contributed by atoms with Gasteiger partial charge in [0.15, 0.2) is 0 Å². The van der Waals surface area contributed by atoms with Crippen LogP contribution in [0.2, 0.25) is 0 Å². The predicted octanol–water partition coefficient (Wildman–Crippen LogP) is 3.58. The number of rotatable bonds is 3. The summed E-state index contributed by atoms with van der Waals surface area (Å²) in [6.07, 6.45) is 5.52. The Labute approximate surface area is 123 Å². The van der Waals surface area contributed by atoms with E-state index in [0.717, 1.165) is 6.04 Å². The smallest absolute Gasteiger partial charge is 0.0297 e. The van der Waals surface area contributed by atoms with Gasteiger partial charge in [-0.05, 0) is 57.7 Å². The number of benzene rings is 1. The number of nitrogens with one attached hydrogen (secondary N) is 1. The summed E-state index contributed by atoms with van der Waals surface area (Å²) in [4.78, 5) is 2.70. The molecule has 0 amide bonds. The molecule has 2 heteroatoms. The van der Waals surface area contributed by atoms with Gasteiger partial charge in [-0.15, -0.1) is 0 Å². The van der Waals surface area contributed by atoms with E-state index in [1.807, 2.05) is 0 Å². The van der Waals surface area contributed by atoms with E-state index in [9.17, 15) is 0 Å². The highest BCUT2D eigenvalue weighted by atomic mass is 15.2. The molecule has 0 aromatic heterocycles. The van der Waals surface area contributed by atoms with Crippen LogP contribution in [0.15, 0.2) is 18.2 Å². The SMILES string of the molecule is Cc1ccc(C(C)NC2CCN3CCCCC23)c(C)c1. The zero-order chi connectivity index (χ0) is 14.1. The van der Waals surface area contributed by atoms with Crippen molar-refractivity contribution >= 4 is 0 Å². The molecule has 3 unspecified atom stereocenters. The van der Waals surface area contributed by atoms with Gasteiger partial charge in [0.25, 0.3) is 0 Å². The molecule has 1 aromatic carbocycles. The summed E-state index contributed by atoms with van der Waals surface area (Å²) < 4.78 is 0. The fourth-order valence-electron chi connectivity index (χ4n) is 4.16. The molecule has 0 radical (unpaired) electrons. The molecular weight excluding hydrogens is 244 g/mol. The lowest BCUT2D eigenvalue weighted by atomic mass is 9.96. The summed E-state index contributed by atoms with van der Waals surface area (Å²) in [6, 6.07) is 8.78. The summed E-state index contributed by atoms with van der Waals surface area (Å²) in [5, 5.41) is 3.91. The van der Waals surface area contributed by atoms with Crippen LogP contribution in [0.4, 0.5) is 0 Å². The molecule has 110 valence electrons. The van der Waals surface area contributed by atoms with Gasteiger partial charge >= 0.3 is 0 Å². The molecular formula is C18H28N2. The standard InChI is InChI=1S/C18H28N2/c1-13-7-8-16(14(2)12-13)15(3)19-17-9-11-20-10-5-4-6-18(17)20/h7-8,12,15,17-19H,4-6,9-11H2,1-3H3. The zero-order valence-corrected chi connectivity index (χ0v) is 13.2. The number of nitrogens with zero attached hydrogens (tertiary/aromatic N) is 1. The van der Waals surface area contributed by atoms with Crippen molar-refractivity contribution in [2.24, 2.45) is 0 Å². The number of aryl methyl sites for hydroxylation is 2. The van der Waals surface area contributed by atoms with Gasteiger partial charge in [-0.3, -0.25) is 4.90 Å². The Hall–Kier alpha value is -0.860. The largest absolute Gasteiger partial charge is 0.306 e. The zero-order valence-electron chi connectivity index (χ0n) is 13.2. The van der Waals surface area contributed by atoms with Crippen LogP contribution in [0, 0.1) is 13.8 Å². The molecule has 2 nitrogen and oxygen atoms in total. The van der Waals surface area contributed by atoms with Crippen molar-refractivity contribution in [1.82, 2.24) is 10.2 Å². The molecule has 20 heavy (non-hydrogen) atoms. The monoisotopic (exact) mass is 272 g/mol. The molecule has 2 heterocycles. The molecule has 3 rings (SSSR count). The molecule has 1 N–H and O–H groups in total. The highest BCUT2D eigenvalue weighted by molar-refractivity contribution is 5.32. The van der Waals surface area contributed by atoms with Crippen LogP contribution in [0.5, 0.6) is 0 Å². The fourth-order valence-corrected chi connectivity index (χ4v) is 4.16. The number of hydrogen-bond donors (Lipinski definition) is 1. The summed E-state index contributed by atoms with van der Waals surface area (Å²) in [7, 11) is 0. The van der Waals surface area contributed by atoms with Crippen molar-refractivity contribution in [3.8, 4) is 0 Å². The Morgan fingerprint density at radius 1 is 1.15 bits per heavy atom. The summed E-state index contributed by atoms with van der Waals surface area (Å²) >= 11 is 0. The Kier molecular flexibility index (Phi) is 4.13. The van der Waals surface area contributed by atoms with Gasteiger partial charge in [0.1, 0.15) is 0 Å². The van der Waals surface area contributed by atoms with E-state index in [1.165, 1.54) is 55.5 Å². The van der Waals surface area contributed by atoms with Crippen molar-refractivity contribution in [3.05, 3.63) is 34.9 Å². The maximum Gasteiger partial charge on any atom is 0.0297 e. The minimum absolute atomic E-state index is 0.461. The van der Waals surface area contributed by atoms with E-state index >= 15 is 0 Å². The first kappa shape index (κ1) is 14.1. The highest BCUT2D eigenvalue weighted by Gasteiger charge is 2.35. The third-order valence-corrected chi connectivity index (χ3v) is 5.21. The van der Waals surface area contributed by atoms with Crippen LogP contribution >= 0.6 is 0 Å². The Morgan fingerprint density at radius 3 is 2.80 bits per heavy atom. The second-order valence-corrected chi connectivity index (χ2v) is 6.74. The van der Waals surface area contributed by atoms with E-state index in [1.54, 1.807) is 0 Å². The molecule has 2 aliphatic heterocycles. The van der Waals surface area contributed by atoms with Gasteiger partial charge in [-0.2, -0.15) is 0 Å². The van der Waals surface area contributed by atoms with E-state index < -0.39 is 0 Å². The van der Waals surface area contributed by atoms with Crippen molar-refractivity contribution in [3.63, 3.8) is 0 Å². The van der Waals surface area contributed by atoms with Gasteiger partial charge in [0.2, 0.25) is 0 Å². The molecule has 2 saturated heterocycles. The number of piperidine rings is 1. The molecule has 0 spiro atoms. The fraction of sp³-hybridized carbons (Fsp3) is 0.667. The van der Waals surface area contributed by atoms with Crippen LogP contribution < -0.4 is 5.32 Å². The van der Waals surface area contributed by atoms with Gasteiger partial charge in [-0.25, -0.2) is 0 Å². The molecule has 0 saturated carbocycles. The molecule has 3 atom stereocenters. The quantitative estimate of drug-likeness (QED) is 0.905. The maximum atomic E-state index is 3.91. The van der Waals surface area contributed by atoms with E-state index in [4.69, 9.17) is 0 Å². The lowest BCUT2D eigenvalue weighted by Gasteiger charge is -2.34. The average molecular weight is 272 g/mol. The number of fused-ring (bicyclic) bond motifs is 1. The molecule has 0 aliphatic carbocycles. The summed E-state index contributed by atoms with van der Waals surface area (Å²) in [5.41, 5.74) is 4.24. The van der Waals surface area contributed by atoms with Gasteiger partial charge in [0.05, 0.1) is 0 Å². The Morgan fingerprint density at radius 2 is 2.00 bits per heavy atom. The normalized spacial score (nSPS) is 28.4. The van der Waals surface area contributed by atoms with Crippen molar-refractivity contribution < 1.29 is 0 Å². The second-order valence-electron chi connectivity index (χ2n) is 6.74. The van der Waals surface area contributed by atoms with Crippen molar-refractivity contribution in [2.75, 3.05) is 13.1 Å². The third-order valence-electron chi connectivity index (χ3n) is 5.21. The molecule has 0 bridgehead atoms. The first-order valence-electron chi connectivity index (χ1n) is 8.22.